The second kappa shape index (κ2) is 10.8. The van der Waals surface area contributed by atoms with Gasteiger partial charge in [-0.3, -0.25) is 0 Å². The van der Waals surface area contributed by atoms with Crippen molar-refractivity contribution in [3.63, 3.8) is 0 Å². The molecule has 0 bridgehead atoms. The summed E-state index contributed by atoms with van der Waals surface area (Å²) in [4.78, 5) is 17.1. The Morgan fingerprint density at radius 2 is 1.94 bits per heavy atom. The zero-order chi connectivity index (χ0) is 22.3. The van der Waals surface area contributed by atoms with E-state index in [-0.39, 0.29) is 17.9 Å². The molecule has 0 spiro atoms. The summed E-state index contributed by atoms with van der Waals surface area (Å²) in [6.45, 7) is 5.29. The third kappa shape index (κ3) is 6.20. The number of anilines is 1. The van der Waals surface area contributed by atoms with Gasteiger partial charge in [-0.25, -0.2) is 9.18 Å². The van der Waals surface area contributed by atoms with Crippen LogP contribution in [0.4, 0.5) is 14.9 Å². The Kier molecular flexibility index (Phi) is 7.60. The monoisotopic (exact) mass is 440 g/mol. The molecule has 7 heteroatoms. The maximum Gasteiger partial charge on any atom is 0.321 e. The van der Waals surface area contributed by atoms with Crippen LogP contribution in [-0.4, -0.2) is 68.3 Å². The average Bonchev–Trinajstić information content (AvgIpc) is 2.82. The molecule has 2 aliphatic heterocycles. The van der Waals surface area contributed by atoms with E-state index >= 15 is 0 Å². The molecule has 172 valence electrons. The van der Waals surface area contributed by atoms with Crippen LogP contribution in [0.25, 0.3) is 0 Å². The molecule has 0 unspecified atom stereocenters. The van der Waals surface area contributed by atoms with E-state index in [1.165, 1.54) is 5.56 Å². The van der Waals surface area contributed by atoms with Gasteiger partial charge in [-0.05, 0) is 68.1 Å². The number of nitrogens with one attached hydrogen (secondary N) is 2. The first-order valence-electron chi connectivity index (χ1n) is 11.5. The lowest BCUT2D eigenvalue weighted by molar-refractivity contribution is 0.139. The van der Waals surface area contributed by atoms with Crippen molar-refractivity contribution >= 4 is 11.7 Å². The van der Waals surface area contributed by atoms with E-state index in [0.717, 1.165) is 56.9 Å². The van der Waals surface area contributed by atoms with Gasteiger partial charge in [-0.15, -0.1) is 0 Å². The number of piperazine rings is 1. The van der Waals surface area contributed by atoms with E-state index in [1.807, 2.05) is 41.3 Å². The number of nitrogens with zero attached hydrogens (tertiary/aromatic N) is 2. The lowest BCUT2D eigenvalue weighted by Crippen LogP contribution is -2.57. The van der Waals surface area contributed by atoms with E-state index in [9.17, 15) is 9.18 Å². The number of amides is 2. The number of piperidine rings is 1. The number of carbonyl (C=O) groups excluding carboxylic acids is 1. The molecule has 0 aliphatic carbocycles. The Bertz CT molecular complexity index is 884. The fourth-order valence-corrected chi connectivity index (χ4v) is 4.67. The lowest BCUT2D eigenvalue weighted by atomic mass is 9.90. The van der Waals surface area contributed by atoms with E-state index < -0.39 is 0 Å². The maximum atomic E-state index is 13.1. The molecule has 2 N–H and O–H groups in total. The Balaban J connectivity index is 1.22. The number of rotatable bonds is 6. The molecule has 0 saturated carbocycles. The zero-order valence-corrected chi connectivity index (χ0v) is 18.7. The summed E-state index contributed by atoms with van der Waals surface area (Å²) in [5.41, 5.74) is 1.96. The number of halogens is 1. The second-order valence-electron chi connectivity index (χ2n) is 8.83. The minimum atomic E-state index is -0.172. The number of hydrogen-bond acceptors (Lipinski definition) is 4. The molecule has 2 aliphatic rings. The third-order valence-corrected chi connectivity index (χ3v) is 6.49. The molecular formula is C25H33FN4O2. The van der Waals surface area contributed by atoms with Gasteiger partial charge in [0.15, 0.2) is 0 Å². The van der Waals surface area contributed by atoms with Gasteiger partial charge < -0.3 is 25.2 Å². The van der Waals surface area contributed by atoms with Gasteiger partial charge in [0.1, 0.15) is 11.6 Å². The summed E-state index contributed by atoms with van der Waals surface area (Å²) >= 11 is 0. The number of carbonyl (C=O) groups is 1. The van der Waals surface area contributed by atoms with Crippen molar-refractivity contribution in [3.05, 3.63) is 59.9 Å². The average molecular weight is 441 g/mol. The molecule has 32 heavy (non-hydrogen) atoms. The Labute approximate surface area is 189 Å². The van der Waals surface area contributed by atoms with Crippen molar-refractivity contribution in [3.8, 4) is 5.75 Å². The molecule has 2 heterocycles. The van der Waals surface area contributed by atoms with Crippen LogP contribution in [0.2, 0.25) is 0 Å². The number of benzene rings is 2. The van der Waals surface area contributed by atoms with E-state index in [2.05, 4.69) is 15.5 Å². The SMILES string of the molecule is COc1cccc(NC(=O)N2CCN[C@H](CN3CCC(Cc4ccc(F)cc4)CC3)C2)c1. The summed E-state index contributed by atoms with van der Waals surface area (Å²) in [5, 5.41) is 6.56. The molecule has 2 saturated heterocycles. The van der Waals surface area contributed by atoms with Crippen molar-refractivity contribution in [1.82, 2.24) is 15.1 Å². The summed E-state index contributed by atoms with van der Waals surface area (Å²) < 4.78 is 18.3. The fraction of sp³-hybridized carbons (Fsp3) is 0.480. The smallest absolute Gasteiger partial charge is 0.321 e. The van der Waals surface area contributed by atoms with Gasteiger partial charge in [0.2, 0.25) is 0 Å². The van der Waals surface area contributed by atoms with Gasteiger partial charge in [-0.2, -0.15) is 0 Å². The predicted molar refractivity (Wildman–Crippen MR) is 125 cm³/mol. The number of urea groups is 1. The van der Waals surface area contributed by atoms with Gasteiger partial charge in [-0.1, -0.05) is 18.2 Å². The van der Waals surface area contributed by atoms with Crippen molar-refractivity contribution in [2.24, 2.45) is 5.92 Å². The molecule has 1 atom stereocenters. The van der Waals surface area contributed by atoms with Crippen LogP contribution in [0.3, 0.4) is 0 Å². The second-order valence-corrected chi connectivity index (χ2v) is 8.83. The highest BCUT2D eigenvalue weighted by Gasteiger charge is 2.27. The largest absolute Gasteiger partial charge is 0.497 e. The summed E-state index contributed by atoms with van der Waals surface area (Å²) in [6.07, 6.45) is 3.34. The Morgan fingerprint density at radius 1 is 1.16 bits per heavy atom. The third-order valence-electron chi connectivity index (χ3n) is 6.49. The van der Waals surface area contributed by atoms with Crippen LogP contribution in [-0.2, 0) is 6.42 Å². The number of likely N-dealkylation sites (tertiary alicyclic amines) is 1. The molecule has 2 amide bonds. The number of hydrogen-bond donors (Lipinski definition) is 2. The van der Waals surface area contributed by atoms with Crippen molar-refractivity contribution < 1.29 is 13.9 Å². The highest BCUT2D eigenvalue weighted by molar-refractivity contribution is 5.89. The molecule has 2 aromatic rings. The van der Waals surface area contributed by atoms with Gasteiger partial charge in [0.25, 0.3) is 0 Å². The molecule has 2 aromatic carbocycles. The first kappa shape index (κ1) is 22.6. The quantitative estimate of drug-likeness (QED) is 0.721. The van der Waals surface area contributed by atoms with E-state index in [0.29, 0.717) is 19.0 Å². The minimum absolute atomic E-state index is 0.0669. The van der Waals surface area contributed by atoms with E-state index in [1.54, 1.807) is 19.2 Å². The van der Waals surface area contributed by atoms with Crippen LogP contribution in [0.5, 0.6) is 5.75 Å². The van der Waals surface area contributed by atoms with Gasteiger partial charge in [0.05, 0.1) is 7.11 Å². The normalized spacial score (nSPS) is 20.2. The summed E-state index contributed by atoms with van der Waals surface area (Å²) in [6, 6.07) is 14.5. The van der Waals surface area contributed by atoms with Crippen molar-refractivity contribution in [2.75, 3.05) is 51.7 Å². The standard InChI is InChI=1S/C25H33FN4O2/c1-32-24-4-2-3-22(16-24)28-25(31)30-14-11-27-23(18-30)17-29-12-9-20(10-13-29)15-19-5-7-21(26)8-6-19/h2-8,16,20,23,27H,9-15,17-18H2,1H3,(H,28,31)/t23-/m1/s1. The highest BCUT2D eigenvalue weighted by Crippen LogP contribution is 2.22. The predicted octanol–water partition coefficient (Wildman–Crippen LogP) is 3.59. The van der Waals surface area contributed by atoms with Gasteiger partial charge >= 0.3 is 6.03 Å². The topological polar surface area (TPSA) is 56.8 Å². The molecule has 2 fully saturated rings. The minimum Gasteiger partial charge on any atom is -0.497 e. The van der Waals surface area contributed by atoms with Gasteiger partial charge in [0, 0.05) is 44.0 Å². The zero-order valence-electron chi connectivity index (χ0n) is 18.7. The lowest BCUT2D eigenvalue weighted by Gasteiger charge is -2.38. The van der Waals surface area contributed by atoms with Crippen molar-refractivity contribution in [2.45, 2.75) is 25.3 Å². The highest BCUT2D eigenvalue weighted by atomic mass is 19.1. The van der Waals surface area contributed by atoms with Crippen LogP contribution < -0.4 is 15.4 Å². The molecule has 0 radical (unpaired) electrons. The van der Waals surface area contributed by atoms with Crippen LogP contribution in [0.1, 0.15) is 18.4 Å². The molecule has 4 rings (SSSR count). The summed E-state index contributed by atoms with van der Waals surface area (Å²) in [7, 11) is 1.62. The number of methoxy groups -OCH3 is 1. The van der Waals surface area contributed by atoms with E-state index in [4.69, 9.17) is 4.74 Å². The number of ether oxygens (including phenoxy) is 1. The van der Waals surface area contributed by atoms with Crippen LogP contribution >= 0.6 is 0 Å². The van der Waals surface area contributed by atoms with Crippen LogP contribution in [0.15, 0.2) is 48.5 Å². The molecule has 6 nitrogen and oxygen atoms in total. The fourth-order valence-electron chi connectivity index (χ4n) is 4.67. The van der Waals surface area contributed by atoms with Crippen molar-refractivity contribution in [1.29, 1.82) is 0 Å². The first-order chi connectivity index (χ1) is 15.6. The summed E-state index contributed by atoms with van der Waals surface area (Å²) in [5.74, 6) is 1.21. The Hall–Kier alpha value is -2.64. The molecular weight excluding hydrogens is 407 g/mol. The van der Waals surface area contributed by atoms with Crippen LogP contribution in [0, 0.1) is 11.7 Å². The Morgan fingerprint density at radius 3 is 2.69 bits per heavy atom. The first-order valence-corrected chi connectivity index (χ1v) is 11.5. The molecule has 0 aromatic heterocycles. The maximum absolute atomic E-state index is 13.1.